The normalized spacial score (nSPS) is 15.7. The number of hydrogen-bond donors (Lipinski definition) is 0. The van der Waals surface area contributed by atoms with E-state index in [9.17, 15) is 43.7 Å². The van der Waals surface area contributed by atoms with Gasteiger partial charge in [-0.25, -0.2) is 0 Å². The van der Waals surface area contributed by atoms with E-state index in [0.717, 1.165) is 0 Å². The summed E-state index contributed by atoms with van der Waals surface area (Å²) in [5.41, 5.74) is 0. The highest BCUT2D eigenvalue weighted by Gasteiger charge is 2.79. The molecule has 0 aliphatic carbocycles. The van der Waals surface area contributed by atoms with Crippen molar-refractivity contribution in [3.8, 4) is 0 Å². The molecule has 0 aliphatic rings. The molecule has 14 heavy (non-hydrogen) atoms. The lowest BCUT2D eigenvalue weighted by molar-refractivity contribution is -0.333. The van der Waals surface area contributed by atoms with Gasteiger partial charge in [0, 0.05) is 0 Å². The first kappa shape index (κ1) is 13.4. The smallest absolute Gasteiger partial charge is 0.190 e. The second-order valence-corrected chi connectivity index (χ2v) is 3.46. The van der Waals surface area contributed by atoms with Gasteiger partial charge in [0.1, 0.15) is 0 Å². The van der Waals surface area contributed by atoms with Crippen LogP contribution in [0.5, 0.6) is 0 Å². The zero-order valence-electron chi connectivity index (χ0n) is 5.78. The summed E-state index contributed by atoms with van der Waals surface area (Å²) in [6, 6.07) is 0. The van der Waals surface area contributed by atoms with Crippen LogP contribution < -0.4 is 0 Å². The third kappa shape index (κ3) is 1.78. The predicted molar refractivity (Wildman–Crippen MR) is 25.6 cm³/mol. The summed E-state index contributed by atoms with van der Waals surface area (Å²) in [6.07, 6.45) is -6.83. The van der Waals surface area contributed by atoms with Crippen molar-refractivity contribution in [3.63, 3.8) is 0 Å². The summed E-state index contributed by atoms with van der Waals surface area (Å²) in [7, 11) is -7.10. The third-order valence-corrected chi connectivity index (χ3v) is 1.92. The number of alkyl halides is 7. The van der Waals surface area contributed by atoms with Crippen molar-refractivity contribution in [2.75, 3.05) is 0 Å². The molecule has 85 valence electrons. The maximum absolute atomic E-state index is 11.8. The van der Waals surface area contributed by atoms with Crippen molar-refractivity contribution in [1.82, 2.24) is 0 Å². The Morgan fingerprint density at radius 1 is 0.786 bits per heavy atom. The lowest BCUT2D eigenvalue weighted by Crippen LogP contribution is -2.55. The largest absolute Gasteiger partial charge is 0.461 e. The highest BCUT2D eigenvalue weighted by atomic mass is 32.2. The standard InChI is InChI=1S/C3F7O3S/c4-1(5,2(6,7)8)3(9,10)14(11,12)13. The summed E-state index contributed by atoms with van der Waals surface area (Å²) >= 11 is 0. The molecule has 0 rings (SSSR count). The van der Waals surface area contributed by atoms with Crippen LogP contribution in [0.4, 0.5) is 30.7 Å². The van der Waals surface area contributed by atoms with Gasteiger partial charge in [0.25, 0.3) is 0 Å². The van der Waals surface area contributed by atoms with E-state index in [4.69, 9.17) is 0 Å². The molecular formula is C3F7O3S. The van der Waals surface area contributed by atoms with E-state index < -0.39 is 27.5 Å². The minimum Gasteiger partial charge on any atom is -0.190 e. The molecule has 0 aromatic rings. The highest BCUT2D eigenvalue weighted by molar-refractivity contribution is 7.86. The van der Waals surface area contributed by atoms with E-state index in [2.05, 4.69) is 0 Å². The van der Waals surface area contributed by atoms with Crippen LogP contribution in [0.3, 0.4) is 0 Å². The molecule has 3 nitrogen and oxygen atoms in total. The van der Waals surface area contributed by atoms with E-state index in [1.807, 2.05) is 0 Å². The molecule has 0 N–H and O–H groups in total. The van der Waals surface area contributed by atoms with Crippen LogP contribution in [-0.2, 0) is 14.7 Å². The van der Waals surface area contributed by atoms with Crippen LogP contribution in [-0.4, -0.2) is 25.8 Å². The van der Waals surface area contributed by atoms with E-state index in [0.29, 0.717) is 0 Å². The topological polar surface area (TPSA) is 54.0 Å². The van der Waals surface area contributed by atoms with Gasteiger partial charge in [-0.3, -0.25) is 0 Å². The van der Waals surface area contributed by atoms with Crippen LogP contribution in [0.15, 0.2) is 0 Å². The fourth-order valence-corrected chi connectivity index (χ4v) is 0.752. The van der Waals surface area contributed by atoms with E-state index >= 15 is 0 Å². The zero-order chi connectivity index (χ0) is 12.0. The SMILES string of the molecule is [O]S(=O)(=O)C(F)(F)C(F)(F)C(F)(F)F. The molecule has 0 saturated carbocycles. The molecule has 0 saturated heterocycles. The predicted octanol–water partition coefficient (Wildman–Crippen LogP) is 1.54. The Morgan fingerprint density at radius 3 is 1.14 bits per heavy atom. The first-order chi connectivity index (χ1) is 5.75. The van der Waals surface area contributed by atoms with Gasteiger partial charge >= 0.3 is 27.5 Å². The Labute approximate surface area is 72.3 Å². The second kappa shape index (κ2) is 2.95. The molecule has 0 amide bonds. The molecule has 0 heterocycles. The fourth-order valence-electron chi connectivity index (χ4n) is 0.322. The molecule has 0 aromatic carbocycles. The Morgan fingerprint density at radius 2 is 1.07 bits per heavy atom. The molecule has 0 fully saturated rings. The Balaban J connectivity index is 5.54. The molecule has 0 spiro atoms. The second-order valence-electron chi connectivity index (χ2n) is 2.04. The summed E-state index contributed by atoms with van der Waals surface area (Å²) < 4.78 is 109. The van der Waals surface area contributed by atoms with Crippen LogP contribution >= 0.6 is 0 Å². The molecule has 0 bridgehead atoms. The average Bonchev–Trinajstić information content (AvgIpc) is 1.81. The van der Waals surface area contributed by atoms with Crippen LogP contribution in [0.2, 0.25) is 0 Å². The van der Waals surface area contributed by atoms with Crippen molar-refractivity contribution in [1.29, 1.82) is 0 Å². The molecule has 11 heteroatoms. The van der Waals surface area contributed by atoms with E-state index in [1.54, 1.807) is 0 Å². The number of rotatable bonds is 2. The number of halogens is 7. The van der Waals surface area contributed by atoms with E-state index in [1.165, 1.54) is 0 Å². The van der Waals surface area contributed by atoms with Gasteiger partial charge < -0.3 is 0 Å². The molecule has 1 radical (unpaired) electrons. The maximum atomic E-state index is 11.8. The minimum atomic E-state index is -7.10. The molecule has 0 atom stereocenters. The van der Waals surface area contributed by atoms with Gasteiger partial charge in [0.15, 0.2) is 0 Å². The summed E-state index contributed by atoms with van der Waals surface area (Å²) in [5.74, 6) is -6.92. The Hall–Kier alpha value is -0.580. The van der Waals surface area contributed by atoms with Gasteiger partial charge in [-0.05, 0) is 0 Å². The van der Waals surface area contributed by atoms with Crippen molar-refractivity contribution in [3.05, 3.63) is 0 Å². The van der Waals surface area contributed by atoms with Crippen molar-refractivity contribution in [2.24, 2.45) is 0 Å². The van der Waals surface area contributed by atoms with Gasteiger partial charge in [-0.15, -0.1) is 0 Å². The molecule has 0 aliphatic heterocycles. The van der Waals surface area contributed by atoms with Crippen LogP contribution in [0.25, 0.3) is 0 Å². The van der Waals surface area contributed by atoms with Crippen molar-refractivity contribution < 1.29 is 43.7 Å². The lowest BCUT2D eigenvalue weighted by atomic mass is 10.3. The van der Waals surface area contributed by atoms with Gasteiger partial charge in [-0.2, -0.15) is 39.2 Å². The first-order valence-electron chi connectivity index (χ1n) is 2.53. The van der Waals surface area contributed by atoms with Crippen molar-refractivity contribution >= 4 is 10.1 Å². The zero-order valence-corrected chi connectivity index (χ0v) is 6.60. The molecule has 0 aromatic heterocycles. The van der Waals surface area contributed by atoms with Gasteiger partial charge in [0.05, 0.1) is 0 Å². The van der Waals surface area contributed by atoms with Gasteiger partial charge in [-0.1, -0.05) is 4.55 Å². The monoisotopic (exact) mass is 249 g/mol. The third-order valence-electron chi connectivity index (χ3n) is 1.04. The fraction of sp³-hybridized carbons (Fsp3) is 1.00. The van der Waals surface area contributed by atoms with Crippen LogP contribution in [0, 0.1) is 0 Å². The Kier molecular flexibility index (Phi) is 2.83. The molecule has 0 unspecified atom stereocenters. The van der Waals surface area contributed by atoms with E-state index in [-0.39, 0.29) is 0 Å². The Bertz CT molecular complexity index is 314. The maximum Gasteiger partial charge on any atom is 0.461 e. The van der Waals surface area contributed by atoms with Crippen LogP contribution in [0.1, 0.15) is 0 Å². The highest BCUT2D eigenvalue weighted by Crippen LogP contribution is 2.48. The lowest BCUT2D eigenvalue weighted by Gasteiger charge is -2.24. The summed E-state index contributed by atoms with van der Waals surface area (Å²) in [5, 5.41) is -6.72. The first-order valence-corrected chi connectivity index (χ1v) is 3.94. The van der Waals surface area contributed by atoms with Crippen molar-refractivity contribution in [2.45, 2.75) is 17.4 Å². The minimum absolute atomic E-state index is 6.72. The molecular weight excluding hydrogens is 249 g/mol. The summed E-state index contributed by atoms with van der Waals surface area (Å²) in [6.45, 7) is 0. The summed E-state index contributed by atoms with van der Waals surface area (Å²) in [4.78, 5) is 0. The quantitative estimate of drug-likeness (QED) is 0.697. The van der Waals surface area contributed by atoms with Gasteiger partial charge in [0.2, 0.25) is 0 Å². The average molecular weight is 249 g/mol. The number of hydrogen-bond acceptors (Lipinski definition) is 2.